The van der Waals surface area contributed by atoms with Crippen LogP contribution in [0.2, 0.25) is 0 Å². The summed E-state index contributed by atoms with van der Waals surface area (Å²) in [5, 5.41) is 8.79. The largest absolute Gasteiger partial charge is 0.481 e. The Hall–Kier alpha value is -1.91. The molecule has 0 atom stereocenters. The minimum absolute atomic E-state index is 0.0827. The van der Waals surface area contributed by atoms with Crippen molar-refractivity contribution < 1.29 is 9.90 Å². The lowest BCUT2D eigenvalue weighted by molar-refractivity contribution is -0.137. The predicted molar refractivity (Wildman–Crippen MR) is 68.5 cm³/mol. The average Bonchev–Trinajstić information content (AvgIpc) is 2.63. The molecule has 0 fully saturated rings. The van der Waals surface area contributed by atoms with Gasteiger partial charge in [0.05, 0.1) is 6.42 Å². The Balaban J connectivity index is 2.54. The van der Waals surface area contributed by atoms with E-state index in [1.165, 1.54) is 0 Å². The molecule has 2 aromatic heterocycles. The molecular formula is C13H17N3O2. The molecule has 0 unspecified atom stereocenters. The molecule has 0 radical (unpaired) electrons. The van der Waals surface area contributed by atoms with E-state index in [-0.39, 0.29) is 12.0 Å². The molecule has 0 saturated carbocycles. The Morgan fingerprint density at radius 3 is 2.78 bits per heavy atom. The molecule has 0 spiro atoms. The minimum Gasteiger partial charge on any atom is -0.481 e. The van der Waals surface area contributed by atoms with Crippen molar-refractivity contribution >= 4 is 17.1 Å². The predicted octanol–water partition coefficient (Wildman–Crippen LogP) is 2.20. The molecule has 0 saturated heterocycles. The van der Waals surface area contributed by atoms with Crippen molar-refractivity contribution in [2.45, 2.75) is 39.2 Å². The zero-order chi connectivity index (χ0) is 13.3. The monoisotopic (exact) mass is 247 g/mol. The number of imidazole rings is 1. The first kappa shape index (κ1) is 12.5. The highest BCUT2D eigenvalue weighted by molar-refractivity contribution is 5.72. The van der Waals surface area contributed by atoms with Gasteiger partial charge in [-0.25, -0.2) is 9.97 Å². The molecule has 0 aromatic carbocycles. The second kappa shape index (κ2) is 4.40. The fraction of sp³-hybridized carbons (Fsp3) is 0.462. The molecule has 0 bridgehead atoms. The number of carbonyl (C=O) groups is 1. The van der Waals surface area contributed by atoms with Crippen molar-refractivity contribution in [3.05, 3.63) is 24.2 Å². The molecule has 5 nitrogen and oxygen atoms in total. The fourth-order valence-corrected chi connectivity index (χ4v) is 2.05. The Bertz CT molecular complexity index is 581. The number of carboxylic acid groups (broad SMARTS) is 1. The topological polar surface area (TPSA) is 68.0 Å². The van der Waals surface area contributed by atoms with Crippen LogP contribution < -0.4 is 0 Å². The second-order valence-corrected chi connectivity index (χ2v) is 5.27. The van der Waals surface area contributed by atoms with Gasteiger partial charge in [0.15, 0.2) is 5.65 Å². The van der Waals surface area contributed by atoms with Crippen molar-refractivity contribution in [1.29, 1.82) is 0 Å². The molecule has 0 aliphatic heterocycles. The van der Waals surface area contributed by atoms with E-state index < -0.39 is 5.97 Å². The van der Waals surface area contributed by atoms with Crippen molar-refractivity contribution in [2.24, 2.45) is 0 Å². The maximum Gasteiger partial charge on any atom is 0.303 e. The Morgan fingerprint density at radius 1 is 1.44 bits per heavy atom. The molecule has 1 N–H and O–H groups in total. The van der Waals surface area contributed by atoms with E-state index in [2.05, 4.69) is 30.7 Å². The van der Waals surface area contributed by atoms with E-state index in [4.69, 9.17) is 5.11 Å². The Morgan fingerprint density at radius 2 is 2.17 bits per heavy atom. The van der Waals surface area contributed by atoms with E-state index in [1.54, 1.807) is 6.20 Å². The van der Waals surface area contributed by atoms with Gasteiger partial charge in [-0.15, -0.1) is 0 Å². The van der Waals surface area contributed by atoms with E-state index in [1.807, 2.05) is 16.7 Å². The summed E-state index contributed by atoms with van der Waals surface area (Å²) < 4.78 is 2.02. The molecule has 2 rings (SSSR count). The first-order valence-electron chi connectivity index (χ1n) is 5.94. The van der Waals surface area contributed by atoms with Crippen LogP contribution in [0, 0.1) is 0 Å². The molecular weight excluding hydrogens is 230 g/mol. The third kappa shape index (κ3) is 2.34. The minimum atomic E-state index is -0.810. The number of aromatic nitrogens is 3. The molecule has 2 aromatic rings. The number of carboxylic acids is 1. The van der Waals surface area contributed by atoms with E-state index in [9.17, 15) is 4.79 Å². The Kier molecular flexibility index (Phi) is 3.07. The molecule has 18 heavy (non-hydrogen) atoms. The van der Waals surface area contributed by atoms with Crippen LogP contribution in [-0.4, -0.2) is 25.6 Å². The lowest BCUT2D eigenvalue weighted by atomic mass is 10.1. The van der Waals surface area contributed by atoms with Gasteiger partial charge >= 0.3 is 5.97 Å². The van der Waals surface area contributed by atoms with Crippen molar-refractivity contribution in [3.8, 4) is 0 Å². The number of pyridine rings is 1. The van der Waals surface area contributed by atoms with Crippen LogP contribution in [0.25, 0.3) is 11.2 Å². The van der Waals surface area contributed by atoms with Gasteiger partial charge in [0, 0.05) is 18.2 Å². The zero-order valence-electron chi connectivity index (χ0n) is 10.8. The normalized spacial score (nSPS) is 11.9. The smallest absolute Gasteiger partial charge is 0.303 e. The molecule has 2 heterocycles. The molecule has 0 aliphatic rings. The summed E-state index contributed by atoms with van der Waals surface area (Å²) in [4.78, 5) is 19.5. The summed E-state index contributed by atoms with van der Waals surface area (Å²) in [6.45, 7) is 6.19. The van der Waals surface area contributed by atoms with Gasteiger partial charge < -0.3 is 9.67 Å². The second-order valence-electron chi connectivity index (χ2n) is 5.27. The molecule has 5 heteroatoms. The van der Waals surface area contributed by atoms with Gasteiger partial charge in [-0.05, 0) is 32.9 Å². The maximum atomic E-state index is 10.7. The van der Waals surface area contributed by atoms with Crippen molar-refractivity contribution in [1.82, 2.24) is 14.5 Å². The summed E-state index contributed by atoms with van der Waals surface area (Å²) in [5.74, 6) is -0.0333. The van der Waals surface area contributed by atoms with Crippen LogP contribution in [0.4, 0.5) is 0 Å². The molecule has 0 amide bonds. The highest BCUT2D eigenvalue weighted by atomic mass is 16.4. The fourth-order valence-electron chi connectivity index (χ4n) is 2.05. The van der Waals surface area contributed by atoms with Crippen molar-refractivity contribution in [2.75, 3.05) is 0 Å². The zero-order valence-corrected chi connectivity index (χ0v) is 10.8. The summed E-state index contributed by atoms with van der Waals surface area (Å²) in [7, 11) is 0. The standard InChI is InChI=1S/C13H17N3O2/c1-13(2,3)16-10(6-7-11(17)18)15-9-5-4-8-14-12(9)16/h4-5,8H,6-7H2,1-3H3,(H,17,18). The number of aryl methyl sites for hydroxylation is 1. The van der Waals surface area contributed by atoms with Crippen LogP contribution in [-0.2, 0) is 16.8 Å². The molecule has 0 aliphatic carbocycles. The van der Waals surface area contributed by atoms with Gasteiger partial charge in [0.1, 0.15) is 11.3 Å². The van der Waals surface area contributed by atoms with E-state index in [0.717, 1.165) is 17.0 Å². The first-order chi connectivity index (χ1) is 8.39. The number of aliphatic carboxylic acids is 1. The number of fused-ring (bicyclic) bond motifs is 1. The van der Waals surface area contributed by atoms with Gasteiger partial charge in [-0.1, -0.05) is 0 Å². The summed E-state index contributed by atoms with van der Waals surface area (Å²) in [5.41, 5.74) is 1.45. The highest BCUT2D eigenvalue weighted by Gasteiger charge is 2.22. The van der Waals surface area contributed by atoms with Gasteiger partial charge in [-0.2, -0.15) is 0 Å². The highest BCUT2D eigenvalue weighted by Crippen LogP contribution is 2.24. The Labute approximate surface area is 105 Å². The van der Waals surface area contributed by atoms with Gasteiger partial charge in [-0.3, -0.25) is 4.79 Å². The van der Waals surface area contributed by atoms with Crippen LogP contribution >= 0.6 is 0 Å². The number of rotatable bonds is 3. The lowest BCUT2D eigenvalue weighted by Crippen LogP contribution is -2.24. The first-order valence-corrected chi connectivity index (χ1v) is 5.94. The van der Waals surface area contributed by atoms with E-state index in [0.29, 0.717) is 6.42 Å². The third-order valence-corrected chi connectivity index (χ3v) is 2.72. The third-order valence-electron chi connectivity index (χ3n) is 2.72. The van der Waals surface area contributed by atoms with Gasteiger partial charge in [0.25, 0.3) is 0 Å². The van der Waals surface area contributed by atoms with Crippen LogP contribution in [0.15, 0.2) is 18.3 Å². The van der Waals surface area contributed by atoms with Crippen LogP contribution in [0.5, 0.6) is 0 Å². The van der Waals surface area contributed by atoms with Crippen LogP contribution in [0.1, 0.15) is 33.0 Å². The SMILES string of the molecule is CC(C)(C)n1c(CCC(=O)O)nc2cccnc21. The van der Waals surface area contributed by atoms with Gasteiger partial charge in [0.2, 0.25) is 0 Å². The number of nitrogens with zero attached hydrogens (tertiary/aromatic N) is 3. The molecule has 96 valence electrons. The maximum absolute atomic E-state index is 10.7. The number of hydrogen-bond acceptors (Lipinski definition) is 3. The lowest BCUT2D eigenvalue weighted by Gasteiger charge is -2.23. The quantitative estimate of drug-likeness (QED) is 0.902. The summed E-state index contributed by atoms with van der Waals surface area (Å²) >= 11 is 0. The van der Waals surface area contributed by atoms with Crippen molar-refractivity contribution in [3.63, 3.8) is 0 Å². The summed E-state index contributed by atoms with van der Waals surface area (Å²) in [6.07, 6.45) is 2.23. The van der Waals surface area contributed by atoms with E-state index >= 15 is 0 Å². The summed E-state index contributed by atoms with van der Waals surface area (Å²) in [6, 6.07) is 3.73. The number of hydrogen-bond donors (Lipinski definition) is 1. The average molecular weight is 247 g/mol. The van der Waals surface area contributed by atoms with Crippen LogP contribution in [0.3, 0.4) is 0 Å².